The highest BCUT2D eigenvalue weighted by Gasteiger charge is 2.35. The largest absolute Gasteiger partial charge is 0.416 e. The van der Waals surface area contributed by atoms with E-state index in [1.54, 1.807) is 0 Å². The lowest BCUT2D eigenvalue weighted by Crippen LogP contribution is -2.49. The van der Waals surface area contributed by atoms with E-state index in [2.05, 4.69) is 10.6 Å². The van der Waals surface area contributed by atoms with Gasteiger partial charge in [-0.1, -0.05) is 72.6 Å². The Morgan fingerprint density at radius 1 is 1.15 bits per heavy atom. The van der Waals surface area contributed by atoms with Gasteiger partial charge in [-0.2, -0.15) is 13.2 Å². The fourth-order valence-electron chi connectivity index (χ4n) is 2.11. The average molecular weight is 454 g/mol. The van der Waals surface area contributed by atoms with Crippen LogP contribution in [0.4, 0.5) is 18.9 Å². The van der Waals surface area contributed by atoms with Gasteiger partial charge >= 0.3 is 6.18 Å². The summed E-state index contributed by atoms with van der Waals surface area (Å²) in [6.45, 7) is 2.04. The van der Waals surface area contributed by atoms with Crippen LogP contribution in [-0.2, 0) is 11.0 Å². The van der Waals surface area contributed by atoms with E-state index in [9.17, 15) is 18.0 Å². The van der Waals surface area contributed by atoms with Gasteiger partial charge in [0, 0.05) is 6.42 Å². The summed E-state index contributed by atoms with van der Waals surface area (Å²) in [5, 5.41) is 5.05. The number of carbonyl (C=O) groups is 1. The molecule has 0 aliphatic rings. The molecule has 0 saturated carbocycles. The molecule has 0 radical (unpaired) electrons. The molecule has 2 N–H and O–H groups in total. The average Bonchev–Trinajstić information content (AvgIpc) is 2.51. The van der Waals surface area contributed by atoms with Crippen molar-refractivity contribution in [3.63, 3.8) is 0 Å². The molecule has 0 unspecified atom stereocenters. The first-order valence-electron chi connectivity index (χ1n) is 7.94. The number of amides is 1. The number of benzene rings is 1. The van der Waals surface area contributed by atoms with Crippen molar-refractivity contribution in [3.05, 3.63) is 28.8 Å². The monoisotopic (exact) mass is 452 g/mol. The second-order valence-corrected chi connectivity index (χ2v) is 8.47. The number of alkyl halides is 6. The van der Waals surface area contributed by atoms with E-state index in [0.29, 0.717) is 6.42 Å². The zero-order chi connectivity index (χ0) is 20.0. The summed E-state index contributed by atoms with van der Waals surface area (Å²) in [6, 6.07) is 2.71. The molecule has 0 bridgehead atoms. The lowest BCUT2D eigenvalue weighted by Gasteiger charge is -2.28. The van der Waals surface area contributed by atoms with Crippen LogP contribution in [0.15, 0.2) is 18.2 Å². The third kappa shape index (κ3) is 7.99. The van der Waals surface area contributed by atoms with Crippen LogP contribution in [-0.4, -0.2) is 15.9 Å². The molecule has 0 aliphatic heterocycles. The number of rotatable bonds is 8. The van der Waals surface area contributed by atoms with Gasteiger partial charge in [0.05, 0.1) is 16.3 Å². The minimum Gasteiger partial charge on any atom is -0.361 e. The molecule has 0 aliphatic carbocycles. The maximum absolute atomic E-state index is 12.9. The van der Waals surface area contributed by atoms with Gasteiger partial charge < -0.3 is 10.6 Å². The van der Waals surface area contributed by atoms with Gasteiger partial charge in [0.25, 0.3) is 0 Å². The van der Waals surface area contributed by atoms with Crippen molar-refractivity contribution < 1.29 is 18.0 Å². The van der Waals surface area contributed by atoms with E-state index in [1.807, 2.05) is 6.92 Å². The van der Waals surface area contributed by atoms with Gasteiger partial charge in [0.15, 0.2) is 0 Å². The first kappa shape index (κ1) is 23.5. The predicted molar refractivity (Wildman–Crippen MR) is 101 cm³/mol. The Morgan fingerprint density at radius 2 is 1.81 bits per heavy atom. The highest BCUT2D eigenvalue weighted by Crippen LogP contribution is 2.36. The molecule has 148 valence electrons. The topological polar surface area (TPSA) is 41.1 Å². The van der Waals surface area contributed by atoms with E-state index in [0.717, 1.165) is 37.5 Å². The van der Waals surface area contributed by atoms with Crippen molar-refractivity contribution in [2.45, 2.75) is 55.2 Å². The second-order valence-electron chi connectivity index (χ2n) is 5.69. The van der Waals surface area contributed by atoms with Crippen LogP contribution in [0, 0.1) is 0 Å². The summed E-state index contributed by atoms with van der Waals surface area (Å²) in [5.74, 6) is -0.381. The molecule has 0 aromatic heterocycles. The Balaban J connectivity index is 2.87. The molecule has 0 saturated heterocycles. The molecular weight excluding hydrogens is 435 g/mol. The van der Waals surface area contributed by atoms with Crippen LogP contribution in [0.1, 0.15) is 44.6 Å². The fraction of sp³-hybridized carbons (Fsp3) is 0.562. The van der Waals surface area contributed by atoms with Gasteiger partial charge in [-0.25, -0.2) is 0 Å². The third-order valence-corrected chi connectivity index (χ3v) is 4.47. The Bertz CT molecular complexity index is 606. The normalized spacial score (nSPS) is 13.4. The number of halogens is 7. The molecule has 0 fully saturated rings. The SMILES string of the molecule is CCCCCCC(=O)N[C@H](Nc1cc(C(F)(F)F)ccc1Cl)C(Cl)(Cl)Cl. The third-order valence-electron chi connectivity index (χ3n) is 3.48. The Labute approximate surface area is 170 Å². The molecule has 0 spiro atoms. The van der Waals surface area contributed by atoms with Crippen molar-refractivity contribution in [1.29, 1.82) is 0 Å². The maximum atomic E-state index is 12.9. The summed E-state index contributed by atoms with van der Waals surface area (Å²) >= 11 is 23.5. The van der Waals surface area contributed by atoms with Crippen molar-refractivity contribution in [2.75, 3.05) is 5.32 Å². The molecule has 1 aromatic carbocycles. The predicted octanol–water partition coefficient (Wildman–Crippen LogP) is 6.55. The molecule has 1 amide bonds. The fourth-order valence-corrected chi connectivity index (χ4v) is 2.61. The van der Waals surface area contributed by atoms with Crippen LogP contribution in [0.5, 0.6) is 0 Å². The van der Waals surface area contributed by atoms with E-state index in [4.69, 9.17) is 46.4 Å². The maximum Gasteiger partial charge on any atom is 0.416 e. The number of carbonyl (C=O) groups excluding carboxylic acids is 1. The first-order chi connectivity index (χ1) is 11.9. The second kappa shape index (κ2) is 10.1. The molecule has 26 heavy (non-hydrogen) atoms. The van der Waals surface area contributed by atoms with Gasteiger partial charge in [0.1, 0.15) is 6.17 Å². The molecule has 1 aromatic rings. The van der Waals surface area contributed by atoms with Crippen LogP contribution in [0.25, 0.3) is 0 Å². The van der Waals surface area contributed by atoms with E-state index >= 15 is 0 Å². The Hall–Kier alpha value is -0.560. The summed E-state index contributed by atoms with van der Waals surface area (Å²) in [5.41, 5.74) is -1.03. The summed E-state index contributed by atoms with van der Waals surface area (Å²) in [4.78, 5) is 12.0. The van der Waals surface area contributed by atoms with Gasteiger partial charge in [-0.15, -0.1) is 0 Å². The summed E-state index contributed by atoms with van der Waals surface area (Å²) in [7, 11) is 0. The molecule has 3 nitrogen and oxygen atoms in total. The van der Waals surface area contributed by atoms with E-state index in [1.165, 1.54) is 0 Å². The van der Waals surface area contributed by atoms with Crippen LogP contribution in [0.2, 0.25) is 5.02 Å². The van der Waals surface area contributed by atoms with E-state index in [-0.39, 0.29) is 23.0 Å². The number of hydrogen-bond donors (Lipinski definition) is 2. The van der Waals surface area contributed by atoms with Crippen molar-refractivity contribution in [2.24, 2.45) is 0 Å². The highest BCUT2D eigenvalue weighted by atomic mass is 35.6. The van der Waals surface area contributed by atoms with Crippen molar-refractivity contribution in [3.8, 4) is 0 Å². The van der Waals surface area contributed by atoms with Crippen LogP contribution in [0.3, 0.4) is 0 Å². The molecule has 1 atom stereocenters. The molecular formula is C16H19Cl4F3N2O. The highest BCUT2D eigenvalue weighted by molar-refractivity contribution is 6.68. The van der Waals surface area contributed by atoms with E-state index < -0.39 is 21.7 Å². The minimum absolute atomic E-state index is 0.00514. The number of anilines is 1. The number of unbranched alkanes of at least 4 members (excludes halogenated alkanes) is 3. The molecule has 10 heteroatoms. The van der Waals surface area contributed by atoms with Gasteiger partial charge in [-0.05, 0) is 24.6 Å². The van der Waals surface area contributed by atoms with Gasteiger partial charge in [-0.3, -0.25) is 4.79 Å². The Morgan fingerprint density at radius 3 is 2.35 bits per heavy atom. The quantitative estimate of drug-likeness (QED) is 0.266. The smallest absolute Gasteiger partial charge is 0.361 e. The first-order valence-corrected chi connectivity index (χ1v) is 9.45. The van der Waals surface area contributed by atoms with Crippen LogP contribution < -0.4 is 10.6 Å². The molecule has 1 rings (SSSR count). The lowest BCUT2D eigenvalue weighted by molar-refractivity contribution is -0.137. The van der Waals surface area contributed by atoms with Crippen LogP contribution >= 0.6 is 46.4 Å². The Kier molecular flexibility index (Phi) is 9.13. The summed E-state index contributed by atoms with van der Waals surface area (Å²) in [6.07, 6.45) is -2.03. The zero-order valence-corrected chi connectivity index (χ0v) is 16.9. The lowest BCUT2D eigenvalue weighted by atomic mass is 10.1. The van der Waals surface area contributed by atoms with Gasteiger partial charge in [0.2, 0.25) is 9.70 Å². The molecule has 0 heterocycles. The van der Waals surface area contributed by atoms with Crippen molar-refractivity contribution in [1.82, 2.24) is 5.32 Å². The standard InChI is InChI=1S/C16H19Cl4F3N2O/c1-2-3-4-5-6-13(26)25-14(15(18,19)20)24-12-9-10(16(21,22)23)7-8-11(12)17/h7-9,14,24H,2-6H2,1H3,(H,25,26)/t14-/m0/s1. The summed E-state index contributed by atoms with van der Waals surface area (Å²) < 4.78 is 36.6. The number of nitrogens with one attached hydrogen (secondary N) is 2. The van der Waals surface area contributed by atoms with Crippen molar-refractivity contribution >= 4 is 58.0 Å². The number of hydrogen-bond acceptors (Lipinski definition) is 2. The zero-order valence-electron chi connectivity index (χ0n) is 13.9. The minimum atomic E-state index is -4.56.